The Hall–Kier alpha value is -3.50. The van der Waals surface area contributed by atoms with E-state index in [0.717, 1.165) is 135 Å². The van der Waals surface area contributed by atoms with Crippen LogP contribution < -0.4 is 0 Å². The third kappa shape index (κ3) is 72.8. The Morgan fingerprint density at radius 2 is 0.520 bits per heavy atom. The molecule has 0 fully saturated rings. The number of rotatable bonds is 76. The highest BCUT2D eigenvalue weighted by Gasteiger charge is 2.30. The van der Waals surface area contributed by atoms with E-state index in [1.165, 1.54) is 148 Å². The number of aliphatic hydroxyl groups excluding tert-OH is 1. The zero-order valence-electron chi connectivity index (χ0n) is 63.6. The van der Waals surface area contributed by atoms with Crippen molar-refractivity contribution in [3.8, 4) is 0 Å². The minimum absolute atomic E-state index is 0.0596. The summed E-state index contributed by atoms with van der Waals surface area (Å²) in [6, 6.07) is 0. The fourth-order valence-corrected chi connectivity index (χ4v) is 12.6. The standard InChI is InChI=1S/C81H146O17P2/c1-5-9-13-17-21-25-29-33-35-36-37-38-40-44-48-52-56-60-64-68-81(86)98-77(71-91-78(83)65-61-57-53-49-45-41-31-27-23-19-15-11-7-3)74-96-100(89,90)94-70-75(82)69-93-99(87,88)95-73-76(97-80(85)67-63-59-55-51-47-42-32-28-24-20-16-12-8-4)72-92-79(84)66-62-58-54-50-46-43-39-34-30-26-22-18-14-10-6-2/h9,13,21,25,33-35,37-39,44,48,75-77,82H,5-8,10-12,14-20,22-24,26-32,36,40-43,45-47,49-74H2,1-4H3,(H,87,88)(H,89,90)/b13-9-,25-21-,35-33-,38-37-,39-34-,48-44-/t75-,76-,77-/m1/s1. The van der Waals surface area contributed by atoms with Crippen LogP contribution in [0.1, 0.15) is 362 Å². The van der Waals surface area contributed by atoms with E-state index in [4.69, 9.17) is 37.0 Å². The molecule has 17 nitrogen and oxygen atoms in total. The molecule has 5 atom stereocenters. The number of ether oxygens (including phenoxy) is 4. The van der Waals surface area contributed by atoms with Gasteiger partial charge in [-0.1, -0.05) is 312 Å². The lowest BCUT2D eigenvalue weighted by molar-refractivity contribution is -0.161. The molecule has 0 aliphatic carbocycles. The summed E-state index contributed by atoms with van der Waals surface area (Å²) < 4.78 is 68.6. The molecule has 0 heterocycles. The predicted octanol–water partition coefficient (Wildman–Crippen LogP) is 23.2. The molecule has 0 bridgehead atoms. The number of phosphoric acid groups is 2. The van der Waals surface area contributed by atoms with Gasteiger partial charge >= 0.3 is 39.5 Å². The van der Waals surface area contributed by atoms with Gasteiger partial charge in [0.2, 0.25) is 0 Å². The summed E-state index contributed by atoms with van der Waals surface area (Å²) in [5, 5.41) is 10.6. The van der Waals surface area contributed by atoms with Crippen LogP contribution in [0.5, 0.6) is 0 Å². The van der Waals surface area contributed by atoms with E-state index in [-0.39, 0.29) is 25.7 Å². The monoisotopic (exact) mass is 1450 g/mol. The van der Waals surface area contributed by atoms with E-state index in [9.17, 15) is 43.2 Å². The van der Waals surface area contributed by atoms with Gasteiger partial charge in [-0.05, 0) is 96.3 Å². The number of hydrogen-bond acceptors (Lipinski definition) is 15. The quantitative estimate of drug-likeness (QED) is 0.0169. The molecular formula is C81H146O17P2. The summed E-state index contributed by atoms with van der Waals surface area (Å²) in [4.78, 5) is 73.0. The Morgan fingerprint density at radius 3 is 0.820 bits per heavy atom. The Bertz CT molecular complexity index is 2180. The van der Waals surface area contributed by atoms with E-state index >= 15 is 0 Å². The average Bonchev–Trinajstić information content (AvgIpc) is 0.929. The van der Waals surface area contributed by atoms with Crippen molar-refractivity contribution in [3.05, 3.63) is 72.9 Å². The first-order valence-electron chi connectivity index (χ1n) is 40.2. The van der Waals surface area contributed by atoms with E-state index in [1.54, 1.807) is 0 Å². The molecule has 0 aromatic rings. The van der Waals surface area contributed by atoms with Gasteiger partial charge in [-0.3, -0.25) is 37.3 Å². The third-order valence-electron chi connectivity index (χ3n) is 17.2. The lowest BCUT2D eigenvalue weighted by Gasteiger charge is -2.21. The van der Waals surface area contributed by atoms with Crippen molar-refractivity contribution < 1.29 is 80.2 Å². The highest BCUT2D eigenvalue weighted by atomic mass is 31.2. The first kappa shape index (κ1) is 96.5. The van der Waals surface area contributed by atoms with Crippen LogP contribution >= 0.6 is 15.6 Å². The Balaban J connectivity index is 5.35. The van der Waals surface area contributed by atoms with Crippen molar-refractivity contribution in [3.63, 3.8) is 0 Å². The predicted molar refractivity (Wildman–Crippen MR) is 409 cm³/mol. The molecule has 19 heteroatoms. The molecule has 3 N–H and O–H groups in total. The second kappa shape index (κ2) is 73.8. The summed E-state index contributed by atoms with van der Waals surface area (Å²) in [5.74, 6) is -2.19. The largest absolute Gasteiger partial charge is 0.472 e. The molecule has 100 heavy (non-hydrogen) atoms. The molecule has 0 saturated heterocycles. The van der Waals surface area contributed by atoms with Gasteiger partial charge in [0.15, 0.2) is 12.2 Å². The maximum Gasteiger partial charge on any atom is 0.472 e. The van der Waals surface area contributed by atoms with Crippen molar-refractivity contribution in [2.24, 2.45) is 0 Å². The molecule has 0 aliphatic heterocycles. The average molecular weight is 1450 g/mol. The van der Waals surface area contributed by atoms with Crippen LogP contribution in [0, 0.1) is 0 Å². The molecular weight excluding hydrogens is 1310 g/mol. The summed E-state index contributed by atoms with van der Waals surface area (Å²) in [5.41, 5.74) is 0. The Morgan fingerprint density at radius 1 is 0.290 bits per heavy atom. The number of hydrogen-bond donors (Lipinski definition) is 3. The van der Waals surface area contributed by atoms with Crippen molar-refractivity contribution >= 4 is 39.5 Å². The first-order valence-corrected chi connectivity index (χ1v) is 43.2. The van der Waals surface area contributed by atoms with Gasteiger partial charge in [0.25, 0.3) is 0 Å². The second-order valence-corrected chi connectivity index (χ2v) is 29.9. The van der Waals surface area contributed by atoms with Crippen molar-refractivity contribution in [2.45, 2.75) is 380 Å². The third-order valence-corrected chi connectivity index (χ3v) is 19.1. The van der Waals surface area contributed by atoms with Crippen LogP contribution in [0.25, 0.3) is 0 Å². The number of phosphoric ester groups is 2. The number of carbonyl (C=O) groups is 4. The minimum Gasteiger partial charge on any atom is -0.462 e. The molecule has 582 valence electrons. The highest BCUT2D eigenvalue weighted by molar-refractivity contribution is 7.47. The smallest absolute Gasteiger partial charge is 0.462 e. The number of aliphatic hydroxyl groups is 1. The summed E-state index contributed by atoms with van der Waals surface area (Å²) >= 11 is 0. The van der Waals surface area contributed by atoms with Crippen LogP contribution in [-0.2, 0) is 65.4 Å². The highest BCUT2D eigenvalue weighted by Crippen LogP contribution is 2.45. The molecule has 0 spiro atoms. The molecule has 0 saturated carbocycles. The van der Waals surface area contributed by atoms with Crippen LogP contribution in [0.4, 0.5) is 0 Å². The fraction of sp³-hybridized carbons (Fsp3) is 0.802. The van der Waals surface area contributed by atoms with Gasteiger partial charge in [0.1, 0.15) is 19.3 Å². The topological polar surface area (TPSA) is 237 Å². The van der Waals surface area contributed by atoms with Gasteiger partial charge < -0.3 is 33.8 Å². The van der Waals surface area contributed by atoms with Gasteiger partial charge in [-0.2, -0.15) is 0 Å². The lowest BCUT2D eigenvalue weighted by atomic mass is 10.0. The maximum atomic E-state index is 13.1. The van der Waals surface area contributed by atoms with Crippen LogP contribution in [0.2, 0.25) is 0 Å². The second-order valence-electron chi connectivity index (χ2n) is 27.0. The summed E-state index contributed by atoms with van der Waals surface area (Å²) in [6.45, 7) is 4.77. The SMILES string of the molecule is CC/C=C\C/C=C\C/C=C\C/C=C\C/C=C\CCCCCC(=O)O[C@H](COC(=O)CCCCCCCCCCCCCCC)COP(=O)(O)OC[C@H](O)COP(=O)(O)OC[C@@H](COC(=O)CCCCCCC/C=C\CCCCCCCC)OC(=O)CCCCCCCCCCCCCCC. The van der Waals surface area contributed by atoms with Crippen LogP contribution in [0.15, 0.2) is 72.9 Å². The zero-order chi connectivity index (χ0) is 73.2. The van der Waals surface area contributed by atoms with Crippen molar-refractivity contribution in [1.82, 2.24) is 0 Å². The van der Waals surface area contributed by atoms with E-state index in [0.29, 0.717) is 25.7 Å². The molecule has 2 unspecified atom stereocenters. The maximum absolute atomic E-state index is 13.1. The van der Waals surface area contributed by atoms with Gasteiger partial charge in [-0.25, -0.2) is 9.13 Å². The molecule has 0 radical (unpaired) electrons. The van der Waals surface area contributed by atoms with Gasteiger partial charge in [0.05, 0.1) is 26.4 Å². The van der Waals surface area contributed by atoms with E-state index < -0.39 is 97.5 Å². The lowest BCUT2D eigenvalue weighted by Crippen LogP contribution is -2.30. The van der Waals surface area contributed by atoms with Crippen LogP contribution in [-0.4, -0.2) is 96.7 Å². The number of unbranched alkanes of at least 4 members (excludes halogenated alkanes) is 38. The van der Waals surface area contributed by atoms with Crippen molar-refractivity contribution in [2.75, 3.05) is 39.6 Å². The molecule has 0 aliphatic rings. The van der Waals surface area contributed by atoms with Crippen molar-refractivity contribution in [1.29, 1.82) is 0 Å². The van der Waals surface area contributed by atoms with Gasteiger partial charge in [-0.15, -0.1) is 0 Å². The molecule has 0 aromatic carbocycles. The van der Waals surface area contributed by atoms with Crippen LogP contribution in [0.3, 0.4) is 0 Å². The summed E-state index contributed by atoms with van der Waals surface area (Å²) in [6.07, 6.45) is 74.5. The number of allylic oxidation sites excluding steroid dienone is 12. The zero-order valence-corrected chi connectivity index (χ0v) is 65.4. The Labute approximate surface area is 609 Å². The Kier molecular flexibility index (Phi) is 71.2. The minimum atomic E-state index is -4.98. The normalized spacial score (nSPS) is 14.3. The molecule has 0 amide bonds. The molecule has 0 aromatic heterocycles. The van der Waals surface area contributed by atoms with Gasteiger partial charge in [0, 0.05) is 25.7 Å². The molecule has 0 rings (SSSR count). The van der Waals surface area contributed by atoms with E-state index in [2.05, 4.69) is 101 Å². The number of esters is 4. The first-order chi connectivity index (χ1) is 48.7. The van der Waals surface area contributed by atoms with E-state index in [1.807, 2.05) is 0 Å². The fourth-order valence-electron chi connectivity index (χ4n) is 11.1. The number of carbonyl (C=O) groups excluding carboxylic acids is 4. The summed E-state index contributed by atoms with van der Waals surface area (Å²) in [7, 11) is -9.95.